The van der Waals surface area contributed by atoms with Crippen LogP contribution >= 0.6 is 15.9 Å². The maximum absolute atomic E-state index is 12.0. The Morgan fingerprint density at radius 2 is 1.23 bits per heavy atom. The van der Waals surface area contributed by atoms with Gasteiger partial charge in [0.25, 0.3) is 5.89 Å². The Balaban J connectivity index is 0.000000192. The fourth-order valence-electron chi connectivity index (χ4n) is 5.80. The lowest BCUT2D eigenvalue weighted by atomic mass is 10.2. The first kappa shape index (κ1) is 46.9. The monoisotopic (exact) mass is 961 g/mol. The largest absolute Gasteiger partial charge is 0.476 e. The molecule has 7 N–H and O–H groups in total. The van der Waals surface area contributed by atoms with Gasteiger partial charge in [-0.3, -0.25) is 0 Å². The van der Waals surface area contributed by atoms with Crippen molar-refractivity contribution in [3.8, 4) is 23.0 Å². The van der Waals surface area contributed by atoms with Gasteiger partial charge in [-0.1, -0.05) is 35.5 Å². The highest BCUT2D eigenvalue weighted by Crippen LogP contribution is 2.27. The summed E-state index contributed by atoms with van der Waals surface area (Å²) in [5, 5.41) is 13.0. The number of carbonyl (C=O) groups is 2. The minimum absolute atomic E-state index is 0.0203. The topological polar surface area (TPSA) is 339 Å². The zero-order valence-electron chi connectivity index (χ0n) is 33.7. The fraction of sp³-hybridized carbons (Fsp3) is 0.371. The van der Waals surface area contributed by atoms with Crippen molar-refractivity contribution in [1.82, 2.24) is 48.7 Å². The van der Waals surface area contributed by atoms with Crippen molar-refractivity contribution in [3.63, 3.8) is 0 Å². The lowest BCUT2D eigenvalue weighted by molar-refractivity contribution is 0.0593. The number of hydrogen-bond donors (Lipinski definition) is 4. The molecule has 0 spiro atoms. The number of aromatic carboxylic acids is 1. The van der Waals surface area contributed by atoms with E-state index in [4.69, 9.17) is 26.8 Å². The smallest absolute Gasteiger partial charge is 0.360 e. The summed E-state index contributed by atoms with van der Waals surface area (Å²) in [5.41, 5.74) is 17.7. The second-order valence-electron chi connectivity index (χ2n) is 13.0. The molecule has 332 valence electrons. The first-order valence-corrected chi connectivity index (χ1v) is 22.7. The van der Waals surface area contributed by atoms with Gasteiger partial charge in [-0.05, 0) is 29.8 Å². The number of carbonyl (C=O) groups excluding carboxylic acids is 1. The molecule has 2 aliphatic rings. The van der Waals surface area contributed by atoms with Crippen LogP contribution in [0.1, 0.15) is 34.8 Å². The molecule has 24 nitrogen and oxygen atoms in total. The first-order valence-electron chi connectivity index (χ1n) is 18.7. The van der Waals surface area contributed by atoms with Crippen LogP contribution in [-0.2, 0) is 24.8 Å². The van der Waals surface area contributed by atoms with Crippen molar-refractivity contribution in [2.75, 3.05) is 98.0 Å². The van der Waals surface area contributed by atoms with Gasteiger partial charge in [-0.2, -0.15) is 13.6 Å². The summed E-state index contributed by atoms with van der Waals surface area (Å²) in [6, 6.07) is 9.44. The van der Waals surface area contributed by atoms with E-state index in [-0.39, 0.29) is 46.2 Å². The molecule has 0 aliphatic carbocycles. The van der Waals surface area contributed by atoms with Gasteiger partial charge in [0.1, 0.15) is 16.2 Å². The zero-order valence-corrected chi connectivity index (χ0v) is 36.9. The third-order valence-electron chi connectivity index (χ3n) is 9.23. The molecule has 0 unspecified atom stereocenters. The van der Waals surface area contributed by atoms with E-state index >= 15 is 0 Å². The van der Waals surface area contributed by atoms with E-state index in [1.165, 1.54) is 28.1 Å². The zero-order chi connectivity index (χ0) is 45.2. The summed E-state index contributed by atoms with van der Waals surface area (Å²) < 4.78 is 60.8. The molecular formula is C35H44BrN15O9S2. The van der Waals surface area contributed by atoms with Gasteiger partial charge in [-0.15, -0.1) is 0 Å². The number of methoxy groups -OCH3 is 1. The number of halogens is 1. The molecule has 5 aromatic rings. The summed E-state index contributed by atoms with van der Waals surface area (Å²) in [4.78, 5) is 54.2. The highest BCUT2D eigenvalue weighted by atomic mass is 79.9. The van der Waals surface area contributed by atoms with Gasteiger partial charge in [0.05, 0.1) is 37.2 Å². The molecule has 0 amide bonds. The van der Waals surface area contributed by atoms with Crippen molar-refractivity contribution in [3.05, 3.63) is 64.9 Å². The number of ether oxygens (including phenoxy) is 1. The van der Waals surface area contributed by atoms with Crippen LogP contribution in [0.2, 0.25) is 0 Å². The van der Waals surface area contributed by atoms with Crippen LogP contribution in [0.25, 0.3) is 23.0 Å². The van der Waals surface area contributed by atoms with Crippen LogP contribution in [-0.4, -0.2) is 154 Å². The second-order valence-corrected chi connectivity index (χ2v) is 18.3. The summed E-state index contributed by atoms with van der Waals surface area (Å²) in [7, 11) is -5.14. The quantitative estimate of drug-likeness (QED) is 0.142. The van der Waals surface area contributed by atoms with Crippen LogP contribution in [0.4, 0.5) is 29.1 Å². The van der Waals surface area contributed by atoms with E-state index < -0.39 is 32.0 Å². The molecule has 2 saturated heterocycles. The van der Waals surface area contributed by atoms with Crippen molar-refractivity contribution in [2.45, 2.75) is 13.8 Å². The fourth-order valence-corrected chi connectivity index (χ4v) is 8.25. The summed E-state index contributed by atoms with van der Waals surface area (Å²) in [6.07, 6.45) is 4.37. The van der Waals surface area contributed by atoms with Crippen LogP contribution in [0.15, 0.2) is 58.0 Å². The molecule has 2 aliphatic heterocycles. The minimum atomic E-state index is -3.20. The molecular weight excluding hydrogens is 919 g/mol. The number of sulfonamides is 2. The Morgan fingerprint density at radius 1 is 0.726 bits per heavy atom. The third kappa shape index (κ3) is 11.6. The Labute approximate surface area is 364 Å². The molecule has 0 bridgehead atoms. The van der Waals surface area contributed by atoms with E-state index in [1.807, 2.05) is 35.2 Å². The van der Waals surface area contributed by atoms with Gasteiger partial charge in [0.15, 0.2) is 34.5 Å². The lowest BCUT2D eigenvalue weighted by Crippen LogP contribution is -2.49. The van der Waals surface area contributed by atoms with Gasteiger partial charge >= 0.3 is 11.9 Å². The Morgan fingerprint density at radius 3 is 1.74 bits per heavy atom. The number of anilines is 5. The van der Waals surface area contributed by atoms with E-state index in [0.717, 1.165) is 5.56 Å². The maximum atomic E-state index is 12.0. The molecule has 6 heterocycles. The molecule has 2 fully saturated rings. The van der Waals surface area contributed by atoms with Crippen molar-refractivity contribution in [1.29, 1.82) is 0 Å². The van der Waals surface area contributed by atoms with Crippen LogP contribution < -0.4 is 27.0 Å². The van der Waals surface area contributed by atoms with E-state index in [2.05, 4.69) is 60.7 Å². The van der Waals surface area contributed by atoms with Gasteiger partial charge < -0.3 is 41.4 Å². The molecule has 1 aromatic carbocycles. The summed E-state index contributed by atoms with van der Waals surface area (Å²) in [6.45, 7) is 6.60. The summed E-state index contributed by atoms with van der Waals surface area (Å²) >= 11 is 3.06. The average Bonchev–Trinajstić information content (AvgIpc) is 3.78. The number of aromatic nitrogens is 8. The first-order chi connectivity index (χ1) is 29.5. The number of carboxylic acid groups (broad SMARTS) is 1. The van der Waals surface area contributed by atoms with E-state index in [9.17, 15) is 26.4 Å². The highest BCUT2D eigenvalue weighted by Gasteiger charge is 2.28. The number of nitrogens with zero attached hydrogens (tertiary/aromatic N) is 12. The van der Waals surface area contributed by atoms with Crippen LogP contribution in [0.5, 0.6) is 0 Å². The molecule has 62 heavy (non-hydrogen) atoms. The number of piperazine rings is 2. The predicted octanol–water partition coefficient (Wildman–Crippen LogP) is 1.08. The normalized spacial score (nSPS) is 14.8. The maximum Gasteiger partial charge on any atom is 0.360 e. The number of nitrogen functional groups attached to an aromatic ring is 3. The standard InChI is InChI=1S/C18H21N7O3S.C11H17N5O4S.C6H6BrN3O2/c1-2-29(26,27)25-10-8-24(9-11-25)14-12-20-16(19)15(21-14)18-22-17(23-28-18)13-6-4-3-5-7-13;1-2-21(19,20)16-5-3-15(4-6-16)8-7-13-10(12)9(14-8)11(17)18;1-12-6(11)4-5(8)9-2-3(7)10-4/h3-7,12H,2,8-11H2,1H3,(H2,19,20);7H,2-6H2,1H3,(H2,12,13)(H,17,18);2H,1H3,(H2,8,9). The highest BCUT2D eigenvalue weighted by molar-refractivity contribution is 9.10. The molecule has 0 saturated carbocycles. The SMILES string of the molecule is CCS(=O)(=O)N1CCN(c2cnc(N)c(-c3nc(-c4ccccc4)no3)n2)CC1.CCS(=O)(=O)N1CCN(c2cnc(N)c(C(=O)O)n2)CC1.COC(=O)c1nc(Br)cnc1N. The average molecular weight is 963 g/mol. The molecule has 0 radical (unpaired) electrons. The second kappa shape index (κ2) is 20.6. The minimum Gasteiger partial charge on any atom is -0.476 e. The molecule has 0 atom stereocenters. The van der Waals surface area contributed by atoms with Crippen LogP contribution in [0, 0.1) is 0 Å². The van der Waals surface area contributed by atoms with E-state index in [1.54, 1.807) is 24.9 Å². The van der Waals surface area contributed by atoms with Gasteiger partial charge in [-0.25, -0.2) is 56.3 Å². The van der Waals surface area contributed by atoms with Crippen molar-refractivity contribution >= 4 is 77.0 Å². The van der Waals surface area contributed by atoms with Crippen molar-refractivity contribution in [2.24, 2.45) is 0 Å². The lowest BCUT2D eigenvalue weighted by Gasteiger charge is -2.34. The van der Waals surface area contributed by atoms with Crippen LogP contribution in [0.3, 0.4) is 0 Å². The number of esters is 1. The number of hydrogen-bond acceptors (Lipinski definition) is 21. The third-order valence-corrected chi connectivity index (χ3v) is 13.4. The Hall–Kier alpha value is -6.16. The number of benzene rings is 1. The Kier molecular flexibility index (Phi) is 15.6. The van der Waals surface area contributed by atoms with E-state index in [0.29, 0.717) is 80.1 Å². The predicted molar refractivity (Wildman–Crippen MR) is 231 cm³/mol. The van der Waals surface area contributed by atoms with Gasteiger partial charge in [0.2, 0.25) is 25.9 Å². The number of rotatable bonds is 10. The molecule has 27 heteroatoms. The number of carboxylic acids is 1. The Bertz CT molecular complexity index is 2570. The number of nitrogens with two attached hydrogens (primary N) is 3. The summed E-state index contributed by atoms with van der Waals surface area (Å²) in [5.74, 6) is 0.0197. The van der Waals surface area contributed by atoms with Gasteiger partial charge in [0, 0.05) is 57.9 Å². The molecule has 4 aromatic heterocycles. The molecule has 7 rings (SSSR count). The van der Waals surface area contributed by atoms with Crippen molar-refractivity contribution < 1.29 is 40.8 Å².